The minimum Gasteiger partial charge on any atom is -0.496 e. The van der Waals surface area contributed by atoms with E-state index in [1.165, 1.54) is 12.0 Å². The Labute approximate surface area is 134 Å². The van der Waals surface area contributed by atoms with E-state index in [4.69, 9.17) is 21.1 Å². The monoisotopic (exact) mass is 320 g/mol. The number of aromatic nitrogens is 1. The Morgan fingerprint density at radius 1 is 1.23 bits per heavy atom. The molecule has 0 aliphatic rings. The average molecular weight is 321 g/mol. The van der Waals surface area contributed by atoms with Crippen molar-refractivity contribution in [2.24, 2.45) is 0 Å². The van der Waals surface area contributed by atoms with Gasteiger partial charge >= 0.3 is 0 Å². The number of halogens is 1. The van der Waals surface area contributed by atoms with Crippen LogP contribution in [0.25, 0.3) is 0 Å². The Morgan fingerprint density at radius 2 is 2.00 bits per heavy atom. The van der Waals surface area contributed by atoms with Gasteiger partial charge in [0.05, 0.1) is 20.6 Å². The molecule has 0 bridgehead atoms. The predicted octanol–water partition coefficient (Wildman–Crippen LogP) is 2.96. The lowest BCUT2D eigenvalue weighted by atomic mass is 10.1. The van der Waals surface area contributed by atoms with Crippen molar-refractivity contribution in [2.45, 2.75) is 6.42 Å². The van der Waals surface area contributed by atoms with Gasteiger partial charge in [0.1, 0.15) is 11.4 Å². The summed E-state index contributed by atoms with van der Waals surface area (Å²) in [5.74, 6) is 0.842. The van der Waals surface area contributed by atoms with E-state index in [2.05, 4.69) is 4.98 Å². The second kappa shape index (κ2) is 7.13. The fraction of sp³-hybridized carbons (Fsp3) is 0.250. The minimum atomic E-state index is -0.141. The lowest BCUT2D eigenvalue weighted by Crippen LogP contribution is -2.28. The maximum absolute atomic E-state index is 12.5. The normalized spacial score (nSPS) is 10.2. The zero-order chi connectivity index (χ0) is 16.1. The van der Waals surface area contributed by atoms with Gasteiger partial charge in [-0.25, -0.2) is 4.98 Å². The van der Waals surface area contributed by atoms with Gasteiger partial charge in [0.2, 0.25) is 11.8 Å². The van der Waals surface area contributed by atoms with Crippen molar-refractivity contribution >= 4 is 23.2 Å². The number of benzene rings is 1. The molecule has 0 aliphatic heterocycles. The molecule has 1 aromatic heterocycles. The molecule has 0 saturated heterocycles. The second-order valence-corrected chi connectivity index (χ2v) is 4.99. The van der Waals surface area contributed by atoms with E-state index >= 15 is 0 Å². The summed E-state index contributed by atoms with van der Waals surface area (Å²) >= 11 is 6.17. The number of hydrogen-bond acceptors (Lipinski definition) is 4. The number of amides is 1. The minimum absolute atomic E-state index is 0.122. The van der Waals surface area contributed by atoms with Crippen molar-refractivity contribution in [3.05, 3.63) is 47.1 Å². The van der Waals surface area contributed by atoms with Crippen molar-refractivity contribution in [1.29, 1.82) is 0 Å². The van der Waals surface area contributed by atoms with Gasteiger partial charge in [-0.3, -0.25) is 4.79 Å². The highest BCUT2D eigenvalue weighted by Crippen LogP contribution is 2.29. The van der Waals surface area contributed by atoms with E-state index in [-0.39, 0.29) is 12.3 Å². The number of nitrogens with zero attached hydrogens (tertiary/aromatic N) is 2. The topological polar surface area (TPSA) is 51.7 Å². The van der Waals surface area contributed by atoms with E-state index < -0.39 is 0 Å². The molecular formula is C16H17ClN2O3. The molecule has 0 atom stereocenters. The molecule has 0 radical (unpaired) electrons. The van der Waals surface area contributed by atoms with E-state index in [9.17, 15) is 4.79 Å². The number of ether oxygens (including phenoxy) is 2. The highest BCUT2D eigenvalue weighted by molar-refractivity contribution is 6.31. The van der Waals surface area contributed by atoms with Crippen LogP contribution in [-0.4, -0.2) is 32.2 Å². The number of carbonyl (C=O) groups is 1. The molecule has 0 spiro atoms. The summed E-state index contributed by atoms with van der Waals surface area (Å²) in [6, 6.07) is 8.81. The molecule has 1 heterocycles. The van der Waals surface area contributed by atoms with E-state index in [1.54, 1.807) is 50.7 Å². The number of likely N-dealkylation sites (N-methyl/N-ethyl adjacent to an activating group) is 1. The molecule has 0 N–H and O–H groups in total. The van der Waals surface area contributed by atoms with Gasteiger partial charge in [-0.15, -0.1) is 0 Å². The molecule has 0 aliphatic carbocycles. The van der Waals surface area contributed by atoms with Gasteiger partial charge < -0.3 is 14.4 Å². The largest absolute Gasteiger partial charge is 0.496 e. The molecule has 1 aromatic carbocycles. The molecule has 5 nitrogen and oxygen atoms in total. The van der Waals surface area contributed by atoms with Crippen LogP contribution in [0, 0.1) is 0 Å². The first-order valence-electron chi connectivity index (χ1n) is 6.65. The van der Waals surface area contributed by atoms with E-state index in [1.807, 2.05) is 0 Å². The zero-order valence-electron chi connectivity index (χ0n) is 12.7. The van der Waals surface area contributed by atoms with Gasteiger partial charge in [0, 0.05) is 23.8 Å². The van der Waals surface area contributed by atoms with Gasteiger partial charge in [0.15, 0.2) is 0 Å². The van der Waals surface area contributed by atoms with Gasteiger partial charge in [0.25, 0.3) is 0 Å². The third kappa shape index (κ3) is 3.31. The number of hydrogen-bond donors (Lipinski definition) is 0. The molecule has 1 amide bonds. The van der Waals surface area contributed by atoms with Gasteiger partial charge in [-0.05, 0) is 24.3 Å². The van der Waals surface area contributed by atoms with Crippen LogP contribution in [0.15, 0.2) is 36.5 Å². The van der Waals surface area contributed by atoms with Crippen molar-refractivity contribution in [2.75, 3.05) is 26.2 Å². The number of carbonyl (C=O) groups excluding carboxylic acids is 1. The van der Waals surface area contributed by atoms with Crippen molar-refractivity contribution in [3.8, 4) is 11.6 Å². The summed E-state index contributed by atoms with van der Waals surface area (Å²) < 4.78 is 10.4. The van der Waals surface area contributed by atoms with Crippen LogP contribution in [0.5, 0.6) is 11.6 Å². The third-order valence-electron chi connectivity index (χ3n) is 3.30. The molecule has 2 rings (SSSR count). The highest BCUT2D eigenvalue weighted by atomic mass is 35.5. The van der Waals surface area contributed by atoms with Crippen LogP contribution in [-0.2, 0) is 11.2 Å². The smallest absolute Gasteiger partial charge is 0.237 e. The number of anilines is 1. The van der Waals surface area contributed by atoms with Crippen LogP contribution in [0.4, 0.5) is 5.69 Å². The lowest BCUT2D eigenvalue weighted by molar-refractivity contribution is -0.117. The highest BCUT2D eigenvalue weighted by Gasteiger charge is 2.19. The summed E-state index contributed by atoms with van der Waals surface area (Å²) in [6.07, 6.45) is 1.73. The van der Waals surface area contributed by atoms with Crippen LogP contribution < -0.4 is 14.4 Å². The Kier molecular flexibility index (Phi) is 5.22. The summed E-state index contributed by atoms with van der Waals surface area (Å²) in [5.41, 5.74) is 1.26. The lowest BCUT2D eigenvalue weighted by Gasteiger charge is -2.20. The molecule has 22 heavy (non-hydrogen) atoms. The molecule has 2 aromatic rings. The standard InChI is InChI=1S/C16H17ClN2O3/c1-19(13-7-5-9-18-16(13)22-3)15(20)10-11-12(17)6-4-8-14(11)21-2/h4-9H,10H2,1-3H3. The first-order valence-corrected chi connectivity index (χ1v) is 7.03. The van der Waals surface area contributed by atoms with Crippen molar-refractivity contribution in [3.63, 3.8) is 0 Å². The van der Waals surface area contributed by atoms with Gasteiger partial charge in [-0.1, -0.05) is 17.7 Å². The summed E-state index contributed by atoms with van der Waals surface area (Å²) in [4.78, 5) is 18.1. The number of pyridine rings is 1. The van der Waals surface area contributed by atoms with Crippen molar-refractivity contribution < 1.29 is 14.3 Å². The molecule has 0 fully saturated rings. The molecule has 0 unspecified atom stereocenters. The first kappa shape index (κ1) is 16.1. The van der Waals surface area contributed by atoms with Crippen LogP contribution >= 0.6 is 11.6 Å². The van der Waals surface area contributed by atoms with E-state index in [0.29, 0.717) is 27.9 Å². The van der Waals surface area contributed by atoms with Crippen LogP contribution in [0.1, 0.15) is 5.56 Å². The van der Waals surface area contributed by atoms with Crippen LogP contribution in [0.2, 0.25) is 5.02 Å². The Hall–Kier alpha value is -2.27. The molecule has 0 saturated carbocycles. The maximum Gasteiger partial charge on any atom is 0.237 e. The quantitative estimate of drug-likeness (QED) is 0.850. The second-order valence-electron chi connectivity index (χ2n) is 4.58. The molecular weight excluding hydrogens is 304 g/mol. The zero-order valence-corrected chi connectivity index (χ0v) is 13.4. The Morgan fingerprint density at radius 3 is 2.68 bits per heavy atom. The van der Waals surface area contributed by atoms with Crippen LogP contribution in [0.3, 0.4) is 0 Å². The summed E-state index contributed by atoms with van der Waals surface area (Å²) in [6.45, 7) is 0. The Balaban J connectivity index is 2.26. The first-order chi connectivity index (χ1) is 10.6. The number of rotatable bonds is 5. The molecule has 6 heteroatoms. The van der Waals surface area contributed by atoms with E-state index in [0.717, 1.165) is 0 Å². The maximum atomic E-state index is 12.5. The fourth-order valence-electron chi connectivity index (χ4n) is 2.10. The van der Waals surface area contributed by atoms with Crippen molar-refractivity contribution in [1.82, 2.24) is 4.98 Å². The third-order valence-corrected chi connectivity index (χ3v) is 3.66. The molecule has 116 valence electrons. The fourth-order valence-corrected chi connectivity index (χ4v) is 2.33. The predicted molar refractivity (Wildman–Crippen MR) is 85.9 cm³/mol. The number of methoxy groups -OCH3 is 2. The summed E-state index contributed by atoms with van der Waals surface area (Å²) in [7, 11) is 4.74. The Bertz CT molecular complexity index is 676. The SMILES string of the molecule is COc1cccc(Cl)c1CC(=O)N(C)c1cccnc1OC. The van der Waals surface area contributed by atoms with Gasteiger partial charge in [-0.2, -0.15) is 0 Å². The summed E-state index contributed by atoms with van der Waals surface area (Å²) in [5, 5.41) is 0.499. The average Bonchev–Trinajstić information content (AvgIpc) is 2.55.